The Morgan fingerprint density at radius 2 is 2.36 bits per heavy atom. The first kappa shape index (κ1) is 10.5. The Bertz CT molecular complexity index is 247. The number of rotatable bonds is 1. The fourth-order valence-corrected chi connectivity index (χ4v) is 1.03. The van der Waals surface area contributed by atoms with Crippen LogP contribution in [0.15, 0.2) is 6.33 Å². The van der Waals surface area contributed by atoms with E-state index < -0.39 is 18.1 Å². The number of carboxylic acid groups (broad SMARTS) is 1. The number of nitrogens with zero attached hydrogens (tertiary/aromatic N) is 3. The molecule has 0 spiro atoms. The molecule has 2 atom stereocenters. The first-order valence-corrected chi connectivity index (χ1v) is 4.01. The summed E-state index contributed by atoms with van der Waals surface area (Å²) in [6.45, 7) is 0.400. The van der Waals surface area contributed by atoms with Gasteiger partial charge >= 0.3 is 5.97 Å². The Hall–Kier alpha value is -1.54. The highest BCUT2D eigenvalue weighted by molar-refractivity contribution is 5.73. The summed E-state index contributed by atoms with van der Waals surface area (Å²) in [4.78, 5) is 10.2. The molecule has 78 valence electrons. The zero-order valence-corrected chi connectivity index (χ0v) is 7.29. The summed E-state index contributed by atoms with van der Waals surface area (Å²) in [7, 11) is 0. The van der Waals surface area contributed by atoms with Gasteiger partial charge in [0.2, 0.25) is 0 Å². The van der Waals surface area contributed by atoms with E-state index >= 15 is 0 Å². The molecule has 0 aromatic carbocycles. The van der Waals surface area contributed by atoms with Gasteiger partial charge in [0.05, 0.1) is 6.10 Å². The largest absolute Gasteiger partial charge is 0.480 e. The van der Waals surface area contributed by atoms with E-state index in [0.29, 0.717) is 13.0 Å². The number of aliphatic hydroxyl groups is 1. The number of carbonyl (C=O) groups is 1. The number of aromatic amines is 1. The van der Waals surface area contributed by atoms with E-state index in [1.54, 1.807) is 0 Å². The van der Waals surface area contributed by atoms with E-state index in [0.717, 1.165) is 0 Å². The normalized spacial score (nSPS) is 25.2. The number of aromatic nitrogens is 4. The van der Waals surface area contributed by atoms with Gasteiger partial charge in [0.25, 0.3) is 0 Å². The maximum atomic E-state index is 10.2. The second-order valence-electron chi connectivity index (χ2n) is 2.75. The van der Waals surface area contributed by atoms with Crippen LogP contribution in [0.25, 0.3) is 0 Å². The molecular weight excluding hydrogens is 190 g/mol. The number of aliphatic hydroxyl groups excluding tert-OH is 1. The van der Waals surface area contributed by atoms with Crippen molar-refractivity contribution in [1.82, 2.24) is 25.9 Å². The average Bonchev–Trinajstić information content (AvgIpc) is 2.74. The molecule has 8 nitrogen and oxygen atoms in total. The predicted molar refractivity (Wildman–Crippen MR) is 44.2 cm³/mol. The Morgan fingerprint density at radius 3 is 2.57 bits per heavy atom. The van der Waals surface area contributed by atoms with Gasteiger partial charge in [0.1, 0.15) is 12.4 Å². The third-order valence-corrected chi connectivity index (χ3v) is 1.68. The first-order valence-electron chi connectivity index (χ1n) is 4.01. The predicted octanol–water partition coefficient (Wildman–Crippen LogP) is -2.01. The molecule has 2 rings (SSSR count). The molecule has 1 aliphatic rings. The molecule has 14 heavy (non-hydrogen) atoms. The number of tetrazole rings is 1. The highest BCUT2D eigenvalue weighted by Gasteiger charge is 2.27. The lowest BCUT2D eigenvalue weighted by molar-refractivity contribution is -0.139. The van der Waals surface area contributed by atoms with Crippen molar-refractivity contribution < 1.29 is 15.0 Å². The Kier molecular flexibility index (Phi) is 3.95. The van der Waals surface area contributed by atoms with E-state index in [2.05, 4.69) is 25.9 Å². The fraction of sp³-hybridized carbons (Fsp3) is 0.667. The Labute approximate surface area is 79.3 Å². The summed E-state index contributed by atoms with van der Waals surface area (Å²) in [6, 6.07) is -0.542. The molecule has 8 heteroatoms. The van der Waals surface area contributed by atoms with Crippen LogP contribution in [-0.4, -0.2) is 55.5 Å². The van der Waals surface area contributed by atoms with Crippen molar-refractivity contribution in [2.75, 3.05) is 6.54 Å². The molecular formula is C6H11N5O3. The van der Waals surface area contributed by atoms with Crippen LogP contribution < -0.4 is 5.32 Å². The Morgan fingerprint density at radius 1 is 1.57 bits per heavy atom. The van der Waals surface area contributed by atoms with Crippen LogP contribution in [0, 0.1) is 0 Å². The summed E-state index contributed by atoms with van der Waals surface area (Å²) in [5, 5.41) is 31.9. The first-order chi connectivity index (χ1) is 6.70. The molecule has 0 bridgehead atoms. The van der Waals surface area contributed by atoms with Gasteiger partial charge in [-0.3, -0.25) is 4.79 Å². The van der Waals surface area contributed by atoms with E-state index in [9.17, 15) is 4.79 Å². The molecule has 1 aliphatic heterocycles. The molecule has 1 aromatic heterocycles. The van der Waals surface area contributed by atoms with Gasteiger partial charge in [-0.15, -0.1) is 5.10 Å². The van der Waals surface area contributed by atoms with E-state index in [1.165, 1.54) is 6.33 Å². The minimum absolute atomic E-state index is 0.329. The third-order valence-electron chi connectivity index (χ3n) is 1.68. The van der Waals surface area contributed by atoms with Gasteiger partial charge in [-0.05, 0) is 10.4 Å². The average molecular weight is 201 g/mol. The van der Waals surface area contributed by atoms with Crippen molar-refractivity contribution in [2.24, 2.45) is 0 Å². The van der Waals surface area contributed by atoms with Crippen molar-refractivity contribution >= 4 is 5.97 Å². The number of β-amino-alcohol motifs (C(OH)–C–C–N with tert-alkyl or cyclic N) is 1. The van der Waals surface area contributed by atoms with E-state index in [1.807, 2.05) is 0 Å². The maximum absolute atomic E-state index is 10.2. The van der Waals surface area contributed by atoms with Crippen molar-refractivity contribution in [3.63, 3.8) is 0 Å². The van der Waals surface area contributed by atoms with Gasteiger partial charge in [-0.25, -0.2) is 5.10 Å². The molecule has 0 radical (unpaired) electrons. The van der Waals surface area contributed by atoms with Crippen LogP contribution in [0.1, 0.15) is 6.42 Å². The van der Waals surface area contributed by atoms with Gasteiger partial charge < -0.3 is 15.5 Å². The van der Waals surface area contributed by atoms with Crippen LogP contribution in [0.4, 0.5) is 0 Å². The molecule has 1 aromatic rings. The lowest BCUT2D eigenvalue weighted by atomic mass is 10.2. The maximum Gasteiger partial charge on any atom is 0.320 e. The Balaban J connectivity index is 0.000000165. The fourth-order valence-electron chi connectivity index (χ4n) is 1.03. The molecule has 4 N–H and O–H groups in total. The number of carboxylic acids is 1. The summed E-state index contributed by atoms with van der Waals surface area (Å²) in [5.74, 6) is -0.883. The van der Waals surface area contributed by atoms with Gasteiger partial charge in [-0.2, -0.15) is 0 Å². The molecule has 2 unspecified atom stereocenters. The standard InChI is InChI=1S/C5H9NO3.CH2N4/c7-3-1-4(5(8)9)6-2-3;1-2-4-5-3-1/h3-4,6-7H,1-2H2,(H,8,9);1H,(H,2,3,4,5). The lowest BCUT2D eigenvalue weighted by Crippen LogP contribution is -2.29. The monoisotopic (exact) mass is 201 g/mol. The quantitative estimate of drug-likeness (QED) is 0.414. The van der Waals surface area contributed by atoms with Crippen LogP contribution in [0.5, 0.6) is 0 Å². The summed E-state index contributed by atoms with van der Waals surface area (Å²) in [5.41, 5.74) is 0. The lowest BCUT2D eigenvalue weighted by Gasteiger charge is -1.99. The zero-order valence-electron chi connectivity index (χ0n) is 7.29. The summed E-state index contributed by atoms with van der Waals surface area (Å²) < 4.78 is 0. The number of hydrogen-bond donors (Lipinski definition) is 4. The number of aliphatic carboxylic acids is 1. The van der Waals surface area contributed by atoms with Crippen LogP contribution in [-0.2, 0) is 4.79 Å². The third kappa shape index (κ3) is 3.46. The number of H-pyrrole nitrogens is 1. The number of hydrogen-bond acceptors (Lipinski definition) is 6. The van der Waals surface area contributed by atoms with Crippen LogP contribution in [0.3, 0.4) is 0 Å². The van der Waals surface area contributed by atoms with Crippen molar-refractivity contribution in [3.8, 4) is 0 Å². The second kappa shape index (κ2) is 5.25. The topological polar surface area (TPSA) is 124 Å². The van der Waals surface area contributed by atoms with Crippen LogP contribution in [0.2, 0.25) is 0 Å². The van der Waals surface area contributed by atoms with Gasteiger partial charge in [0.15, 0.2) is 0 Å². The molecule has 1 fully saturated rings. The molecule has 1 saturated heterocycles. The molecule has 0 amide bonds. The van der Waals surface area contributed by atoms with Crippen molar-refractivity contribution in [2.45, 2.75) is 18.6 Å². The number of nitrogens with one attached hydrogen (secondary N) is 2. The highest BCUT2D eigenvalue weighted by atomic mass is 16.4. The second-order valence-corrected chi connectivity index (χ2v) is 2.75. The smallest absolute Gasteiger partial charge is 0.320 e. The zero-order chi connectivity index (χ0) is 10.4. The molecule has 0 saturated carbocycles. The van der Waals surface area contributed by atoms with E-state index in [4.69, 9.17) is 10.2 Å². The van der Waals surface area contributed by atoms with Gasteiger partial charge in [0, 0.05) is 13.0 Å². The summed E-state index contributed by atoms with van der Waals surface area (Å²) >= 11 is 0. The van der Waals surface area contributed by atoms with Crippen molar-refractivity contribution in [3.05, 3.63) is 6.33 Å². The summed E-state index contributed by atoms with van der Waals surface area (Å²) in [6.07, 6.45) is 1.25. The highest BCUT2D eigenvalue weighted by Crippen LogP contribution is 2.05. The molecule has 2 heterocycles. The minimum Gasteiger partial charge on any atom is -0.480 e. The van der Waals surface area contributed by atoms with Crippen LogP contribution >= 0.6 is 0 Å². The van der Waals surface area contributed by atoms with E-state index in [-0.39, 0.29) is 0 Å². The molecule has 0 aliphatic carbocycles. The minimum atomic E-state index is -0.883. The van der Waals surface area contributed by atoms with Crippen molar-refractivity contribution in [1.29, 1.82) is 0 Å². The SMILES string of the molecule is O=C(O)C1CC(O)CN1.c1nnn[nH]1. The van der Waals surface area contributed by atoms with Gasteiger partial charge in [-0.1, -0.05) is 0 Å².